The van der Waals surface area contributed by atoms with Crippen molar-refractivity contribution in [1.29, 1.82) is 0 Å². The van der Waals surface area contributed by atoms with Crippen molar-refractivity contribution in [2.75, 3.05) is 13.1 Å². The molecule has 1 rings (SSSR count). The summed E-state index contributed by atoms with van der Waals surface area (Å²) in [5, 5.41) is 9.73. The molecule has 0 bridgehead atoms. The van der Waals surface area contributed by atoms with E-state index in [4.69, 9.17) is 6.42 Å². The second kappa shape index (κ2) is 5.18. The van der Waals surface area contributed by atoms with Crippen molar-refractivity contribution in [3.8, 4) is 12.3 Å². The molecule has 0 radical (unpaired) electrons. The molecule has 1 saturated heterocycles. The number of rotatable bonds is 5. The first kappa shape index (κ1) is 12.1. The minimum Gasteiger partial charge on any atom is -0.386 e. The third-order valence-corrected chi connectivity index (χ3v) is 2.94. The highest BCUT2D eigenvalue weighted by Crippen LogP contribution is 2.24. The van der Waals surface area contributed by atoms with Gasteiger partial charge in [-0.1, -0.05) is 6.92 Å². The lowest BCUT2D eigenvalue weighted by molar-refractivity contribution is -0.155. The van der Waals surface area contributed by atoms with E-state index in [2.05, 4.69) is 5.92 Å². The number of carbonyl (C=O) groups excluding carboxylic acids is 1. The van der Waals surface area contributed by atoms with Crippen LogP contribution in [0.5, 0.6) is 0 Å². The number of likely N-dealkylation sites (tertiary alicyclic amines) is 1. The average Bonchev–Trinajstić information content (AvgIpc) is 2.19. The zero-order chi connectivity index (χ0) is 11.3. The van der Waals surface area contributed by atoms with Crippen LogP contribution in [-0.2, 0) is 4.79 Å². The van der Waals surface area contributed by atoms with Gasteiger partial charge in [0.1, 0.15) is 0 Å². The minimum atomic E-state index is -0.617. The molecule has 1 fully saturated rings. The molecule has 0 aliphatic carbocycles. The Balaban J connectivity index is 2.13. The molecule has 84 valence electrons. The molecule has 0 aromatic heterocycles. The number of aliphatic hydroxyl groups is 1. The maximum atomic E-state index is 11.6. The molecule has 1 N–H and O–H groups in total. The van der Waals surface area contributed by atoms with E-state index in [0.29, 0.717) is 25.9 Å². The van der Waals surface area contributed by atoms with Gasteiger partial charge in [0.15, 0.2) is 0 Å². The molecular weight excluding hydrogens is 190 g/mol. The van der Waals surface area contributed by atoms with Crippen LogP contribution in [0.25, 0.3) is 0 Å². The van der Waals surface area contributed by atoms with E-state index in [9.17, 15) is 9.90 Å². The van der Waals surface area contributed by atoms with E-state index in [1.54, 1.807) is 4.90 Å². The topological polar surface area (TPSA) is 40.5 Å². The third-order valence-electron chi connectivity index (χ3n) is 2.94. The van der Waals surface area contributed by atoms with Gasteiger partial charge in [-0.05, 0) is 19.3 Å². The van der Waals surface area contributed by atoms with E-state index < -0.39 is 5.60 Å². The largest absolute Gasteiger partial charge is 0.386 e. The fourth-order valence-corrected chi connectivity index (χ4v) is 1.73. The van der Waals surface area contributed by atoms with Crippen LogP contribution in [0, 0.1) is 12.3 Å². The molecular formula is C12H19NO2. The second-order valence-corrected chi connectivity index (χ2v) is 4.24. The molecule has 0 aromatic carbocycles. The Morgan fingerprint density at radius 2 is 2.20 bits per heavy atom. The first-order chi connectivity index (χ1) is 7.11. The Labute approximate surface area is 91.5 Å². The summed E-state index contributed by atoms with van der Waals surface area (Å²) < 4.78 is 0. The minimum absolute atomic E-state index is 0.144. The van der Waals surface area contributed by atoms with Gasteiger partial charge in [0, 0.05) is 12.8 Å². The molecule has 0 unspecified atom stereocenters. The summed E-state index contributed by atoms with van der Waals surface area (Å²) >= 11 is 0. The van der Waals surface area contributed by atoms with E-state index in [0.717, 1.165) is 19.3 Å². The maximum absolute atomic E-state index is 11.6. The molecule has 15 heavy (non-hydrogen) atoms. The fraction of sp³-hybridized carbons (Fsp3) is 0.750. The summed E-state index contributed by atoms with van der Waals surface area (Å²) in [5.41, 5.74) is -0.617. The van der Waals surface area contributed by atoms with Crippen LogP contribution in [0.1, 0.15) is 39.0 Å². The zero-order valence-electron chi connectivity index (χ0n) is 9.33. The van der Waals surface area contributed by atoms with Gasteiger partial charge in [0.05, 0.1) is 18.7 Å². The maximum Gasteiger partial charge on any atom is 0.222 e. The van der Waals surface area contributed by atoms with Crippen LogP contribution in [0.4, 0.5) is 0 Å². The zero-order valence-corrected chi connectivity index (χ0v) is 9.33. The van der Waals surface area contributed by atoms with Gasteiger partial charge < -0.3 is 10.0 Å². The molecule has 0 spiro atoms. The number of amides is 1. The highest BCUT2D eigenvalue weighted by atomic mass is 16.3. The summed E-state index contributed by atoms with van der Waals surface area (Å²) in [6.07, 6.45) is 8.90. The lowest BCUT2D eigenvalue weighted by Gasteiger charge is -2.46. The lowest BCUT2D eigenvalue weighted by atomic mass is 9.91. The number of hydrogen-bond donors (Lipinski definition) is 1. The van der Waals surface area contributed by atoms with Crippen molar-refractivity contribution < 1.29 is 9.90 Å². The van der Waals surface area contributed by atoms with E-state index in [1.807, 2.05) is 6.92 Å². The van der Waals surface area contributed by atoms with Crippen LogP contribution in [0.3, 0.4) is 0 Å². The van der Waals surface area contributed by atoms with Crippen LogP contribution in [0.2, 0.25) is 0 Å². The van der Waals surface area contributed by atoms with Crippen LogP contribution >= 0.6 is 0 Å². The fourth-order valence-electron chi connectivity index (χ4n) is 1.73. The first-order valence-electron chi connectivity index (χ1n) is 5.55. The number of carbonyl (C=O) groups is 1. The highest BCUT2D eigenvalue weighted by molar-refractivity contribution is 5.77. The van der Waals surface area contributed by atoms with Gasteiger partial charge in [-0.2, -0.15) is 0 Å². The predicted molar refractivity (Wildman–Crippen MR) is 59.1 cm³/mol. The molecule has 0 atom stereocenters. The first-order valence-corrected chi connectivity index (χ1v) is 5.55. The highest BCUT2D eigenvalue weighted by Gasteiger charge is 2.41. The smallest absolute Gasteiger partial charge is 0.222 e. The van der Waals surface area contributed by atoms with E-state index in [1.165, 1.54) is 0 Å². The van der Waals surface area contributed by atoms with Gasteiger partial charge in [-0.3, -0.25) is 4.79 Å². The summed E-state index contributed by atoms with van der Waals surface area (Å²) in [6, 6.07) is 0. The van der Waals surface area contributed by atoms with Gasteiger partial charge in [-0.15, -0.1) is 12.3 Å². The Hall–Kier alpha value is -1.01. The van der Waals surface area contributed by atoms with Crippen molar-refractivity contribution in [1.82, 2.24) is 4.90 Å². The van der Waals surface area contributed by atoms with Crippen molar-refractivity contribution in [2.45, 2.75) is 44.6 Å². The number of unbranched alkanes of at least 4 members (excludes halogenated alkanes) is 2. The Morgan fingerprint density at radius 3 is 2.73 bits per heavy atom. The summed E-state index contributed by atoms with van der Waals surface area (Å²) in [5.74, 6) is 2.70. The molecule has 1 amide bonds. The number of nitrogens with zero attached hydrogens (tertiary/aromatic N) is 1. The Morgan fingerprint density at radius 1 is 1.53 bits per heavy atom. The monoisotopic (exact) mass is 209 g/mol. The van der Waals surface area contributed by atoms with Crippen molar-refractivity contribution in [2.24, 2.45) is 0 Å². The van der Waals surface area contributed by atoms with Gasteiger partial charge >= 0.3 is 0 Å². The quantitative estimate of drug-likeness (QED) is 0.545. The third kappa shape index (κ3) is 3.24. The Bertz CT molecular complexity index is 261. The summed E-state index contributed by atoms with van der Waals surface area (Å²) in [7, 11) is 0. The SMILES string of the molecule is C#CCCCCC(=O)N1CC(O)(CC)C1. The molecule has 3 heteroatoms. The van der Waals surface area contributed by atoms with Crippen LogP contribution in [-0.4, -0.2) is 34.6 Å². The van der Waals surface area contributed by atoms with Gasteiger partial charge in [0.2, 0.25) is 5.91 Å². The molecule has 0 saturated carbocycles. The normalized spacial score (nSPS) is 18.1. The summed E-state index contributed by atoms with van der Waals surface area (Å²) in [6.45, 7) is 2.93. The van der Waals surface area contributed by atoms with E-state index in [-0.39, 0.29) is 5.91 Å². The second-order valence-electron chi connectivity index (χ2n) is 4.24. The van der Waals surface area contributed by atoms with Crippen LogP contribution < -0.4 is 0 Å². The predicted octanol–water partition coefficient (Wildman–Crippen LogP) is 1.16. The summed E-state index contributed by atoms with van der Waals surface area (Å²) in [4.78, 5) is 13.3. The van der Waals surface area contributed by atoms with Crippen molar-refractivity contribution in [3.63, 3.8) is 0 Å². The molecule has 1 aliphatic heterocycles. The van der Waals surface area contributed by atoms with Gasteiger partial charge in [0.25, 0.3) is 0 Å². The van der Waals surface area contributed by atoms with E-state index >= 15 is 0 Å². The van der Waals surface area contributed by atoms with Crippen molar-refractivity contribution in [3.05, 3.63) is 0 Å². The number of terminal acetylenes is 1. The molecule has 1 heterocycles. The lowest BCUT2D eigenvalue weighted by Crippen LogP contribution is -2.63. The number of hydrogen-bond acceptors (Lipinski definition) is 2. The van der Waals surface area contributed by atoms with Gasteiger partial charge in [-0.25, -0.2) is 0 Å². The molecule has 1 aliphatic rings. The standard InChI is InChI=1S/C12H19NO2/c1-3-5-6-7-8-11(14)13-9-12(15,4-2)10-13/h1,15H,4-10H2,2H3. The number of β-amino-alcohol motifs (C(OH)–C–C–N with tert-alkyl or cyclic N) is 1. The average molecular weight is 209 g/mol. The Kier molecular flexibility index (Phi) is 4.16. The van der Waals surface area contributed by atoms with Crippen LogP contribution in [0.15, 0.2) is 0 Å². The molecule has 0 aromatic rings. The molecule has 3 nitrogen and oxygen atoms in total. The van der Waals surface area contributed by atoms with Crippen molar-refractivity contribution >= 4 is 5.91 Å².